The highest BCUT2D eigenvalue weighted by Gasteiger charge is 2.09. The average molecular weight is 267 g/mol. The smallest absolute Gasteiger partial charge is 0.130 e. The van der Waals surface area contributed by atoms with E-state index >= 15 is 0 Å². The van der Waals surface area contributed by atoms with Crippen molar-refractivity contribution in [2.45, 2.75) is 13.0 Å². The van der Waals surface area contributed by atoms with E-state index in [2.05, 4.69) is 51.7 Å². The molecule has 0 spiro atoms. The van der Waals surface area contributed by atoms with E-state index in [1.54, 1.807) is 6.20 Å². The van der Waals surface area contributed by atoms with Gasteiger partial charge in [0.1, 0.15) is 5.82 Å². The Labute approximate surface area is 117 Å². The van der Waals surface area contributed by atoms with E-state index in [0.29, 0.717) is 0 Å². The molecule has 0 aliphatic carbocycles. The number of hydrogen-bond donors (Lipinski definition) is 2. The Bertz CT molecular complexity index is 667. The van der Waals surface area contributed by atoms with Crippen LogP contribution in [-0.2, 0) is 7.05 Å². The van der Waals surface area contributed by atoms with E-state index in [1.165, 1.54) is 0 Å². The molecule has 2 aromatic heterocycles. The van der Waals surface area contributed by atoms with Gasteiger partial charge in [-0.05, 0) is 30.7 Å². The minimum atomic E-state index is 0.160. The second-order valence-corrected chi connectivity index (χ2v) is 4.81. The lowest BCUT2D eigenvalue weighted by Crippen LogP contribution is -2.11. The Morgan fingerprint density at radius 1 is 1.15 bits per heavy atom. The van der Waals surface area contributed by atoms with Gasteiger partial charge in [0, 0.05) is 31.3 Å². The van der Waals surface area contributed by atoms with E-state index < -0.39 is 0 Å². The minimum Gasteiger partial charge on any atom is -0.375 e. The van der Waals surface area contributed by atoms with Gasteiger partial charge in [-0.15, -0.1) is 0 Å². The topological polar surface area (TPSA) is 58.5 Å². The molecule has 1 unspecified atom stereocenters. The van der Waals surface area contributed by atoms with Crippen molar-refractivity contribution in [3.05, 3.63) is 54.7 Å². The molecule has 2 heterocycles. The molecule has 0 radical (unpaired) electrons. The normalized spacial score (nSPS) is 12.3. The fraction of sp³-hybridized carbons (Fsp3) is 0.200. The Morgan fingerprint density at radius 2 is 1.95 bits per heavy atom. The first-order chi connectivity index (χ1) is 9.74. The number of benzene rings is 1. The summed E-state index contributed by atoms with van der Waals surface area (Å²) < 4.78 is 2.02. The lowest BCUT2D eigenvalue weighted by Gasteiger charge is -2.15. The second kappa shape index (κ2) is 5.21. The van der Waals surface area contributed by atoms with Gasteiger partial charge in [-0.25, -0.2) is 4.98 Å². The Morgan fingerprint density at radius 3 is 2.55 bits per heavy atom. The Hall–Kier alpha value is -2.56. The van der Waals surface area contributed by atoms with Crippen LogP contribution in [0, 0.1) is 0 Å². The number of aryl methyl sites for hydroxylation is 1. The Balaban J connectivity index is 1.74. The van der Waals surface area contributed by atoms with Crippen molar-refractivity contribution in [1.82, 2.24) is 19.7 Å². The first kappa shape index (κ1) is 12.5. The van der Waals surface area contributed by atoms with Crippen LogP contribution in [0.25, 0.3) is 11.3 Å². The van der Waals surface area contributed by atoms with Gasteiger partial charge in [0.25, 0.3) is 0 Å². The lowest BCUT2D eigenvalue weighted by molar-refractivity contribution is 0.722. The fourth-order valence-electron chi connectivity index (χ4n) is 2.27. The monoisotopic (exact) mass is 267 g/mol. The maximum atomic E-state index is 4.36. The number of rotatable bonds is 4. The van der Waals surface area contributed by atoms with E-state index in [1.807, 2.05) is 30.1 Å². The summed E-state index contributed by atoms with van der Waals surface area (Å²) in [6.07, 6.45) is 5.52. The van der Waals surface area contributed by atoms with Crippen LogP contribution in [-0.4, -0.2) is 19.7 Å². The number of hydrogen-bond acceptors (Lipinski definition) is 3. The molecule has 1 aromatic carbocycles. The highest BCUT2D eigenvalue weighted by atomic mass is 15.1. The number of aromatic amines is 1. The molecule has 20 heavy (non-hydrogen) atoms. The van der Waals surface area contributed by atoms with Crippen molar-refractivity contribution in [2.24, 2.45) is 7.05 Å². The number of imidazole rings is 1. The van der Waals surface area contributed by atoms with Gasteiger partial charge < -0.3 is 9.88 Å². The molecular formula is C15H17N5. The van der Waals surface area contributed by atoms with Gasteiger partial charge in [0.05, 0.1) is 11.7 Å². The van der Waals surface area contributed by atoms with Crippen molar-refractivity contribution in [3.8, 4) is 11.3 Å². The van der Waals surface area contributed by atoms with Crippen molar-refractivity contribution in [3.63, 3.8) is 0 Å². The molecule has 0 amide bonds. The maximum Gasteiger partial charge on any atom is 0.130 e. The van der Waals surface area contributed by atoms with Crippen molar-refractivity contribution >= 4 is 5.69 Å². The summed E-state index contributed by atoms with van der Waals surface area (Å²) in [6.45, 7) is 2.10. The number of nitrogens with zero attached hydrogens (tertiary/aromatic N) is 3. The molecule has 0 fully saturated rings. The van der Waals surface area contributed by atoms with Gasteiger partial charge in [-0.3, -0.25) is 5.10 Å². The molecule has 0 aliphatic rings. The molecule has 0 bridgehead atoms. The number of anilines is 1. The van der Waals surface area contributed by atoms with Crippen LogP contribution in [0.3, 0.4) is 0 Å². The third-order valence-corrected chi connectivity index (χ3v) is 3.33. The van der Waals surface area contributed by atoms with E-state index in [-0.39, 0.29) is 6.04 Å². The standard InChI is InChI=1S/C15H17N5/c1-11(15-16-9-10-20(15)2)18-13-5-3-12(4-6-13)14-7-8-17-19-14/h3-11,18H,1-2H3,(H,17,19). The summed E-state index contributed by atoms with van der Waals surface area (Å²) in [5, 5.41) is 10.4. The number of aromatic nitrogens is 4. The summed E-state index contributed by atoms with van der Waals surface area (Å²) in [5.41, 5.74) is 3.22. The van der Waals surface area contributed by atoms with E-state index in [0.717, 1.165) is 22.8 Å². The van der Waals surface area contributed by atoms with Gasteiger partial charge in [-0.2, -0.15) is 5.10 Å². The molecule has 1 atom stereocenters. The largest absolute Gasteiger partial charge is 0.375 e. The van der Waals surface area contributed by atoms with Gasteiger partial charge in [0.15, 0.2) is 0 Å². The van der Waals surface area contributed by atoms with Crippen LogP contribution in [0.1, 0.15) is 18.8 Å². The first-order valence-electron chi connectivity index (χ1n) is 6.57. The summed E-state index contributed by atoms with van der Waals surface area (Å²) in [7, 11) is 2.00. The lowest BCUT2D eigenvalue weighted by atomic mass is 10.1. The molecule has 0 saturated heterocycles. The van der Waals surface area contributed by atoms with Crippen LogP contribution in [0.4, 0.5) is 5.69 Å². The SMILES string of the molecule is CC(Nc1ccc(-c2ccn[nH]2)cc1)c1nccn1C. The molecule has 3 aromatic rings. The molecule has 5 heteroatoms. The minimum absolute atomic E-state index is 0.160. The molecule has 0 aliphatic heterocycles. The molecule has 2 N–H and O–H groups in total. The zero-order valence-corrected chi connectivity index (χ0v) is 11.5. The predicted molar refractivity (Wildman–Crippen MR) is 79.3 cm³/mol. The van der Waals surface area contributed by atoms with Gasteiger partial charge >= 0.3 is 0 Å². The number of nitrogens with one attached hydrogen (secondary N) is 2. The predicted octanol–water partition coefficient (Wildman–Crippen LogP) is 2.98. The zero-order valence-electron chi connectivity index (χ0n) is 11.5. The maximum absolute atomic E-state index is 4.36. The highest BCUT2D eigenvalue weighted by Crippen LogP contribution is 2.22. The fourth-order valence-corrected chi connectivity index (χ4v) is 2.27. The van der Waals surface area contributed by atoms with Crippen LogP contribution in [0.15, 0.2) is 48.9 Å². The van der Waals surface area contributed by atoms with Crippen LogP contribution >= 0.6 is 0 Å². The number of H-pyrrole nitrogens is 1. The molecular weight excluding hydrogens is 250 g/mol. The molecule has 3 rings (SSSR count). The first-order valence-corrected chi connectivity index (χ1v) is 6.57. The molecule has 0 saturated carbocycles. The van der Waals surface area contributed by atoms with Crippen molar-refractivity contribution < 1.29 is 0 Å². The second-order valence-electron chi connectivity index (χ2n) is 4.81. The Kier molecular flexibility index (Phi) is 3.25. The van der Waals surface area contributed by atoms with E-state index in [4.69, 9.17) is 0 Å². The van der Waals surface area contributed by atoms with Crippen molar-refractivity contribution in [2.75, 3.05) is 5.32 Å². The summed E-state index contributed by atoms with van der Waals surface area (Å²) in [6, 6.07) is 10.4. The van der Waals surface area contributed by atoms with Gasteiger partial charge in [0.2, 0.25) is 0 Å². The molecule has 5 nitrogen and oxygen atoms in total. The average Bonchev–Trinajstić information content (AvgIpc) is 3.10. The van der Waals surface area contributed by atoms with Crippen LogP contribution in [0.2, 0.25) is 0 Å². The summed E-state index contributed by atoms with van der Waals surface area (Å²) in [5.74, 6) is 1.02. The highest BCUT2D eigenvalue weighted by molar-refractivity contribution is 5.62. The third-order valence-electron chi connectivity index (χ3n) is 3.33. The van der Waals surface area contributed by atoms with Crippen molar-refractivity contribution in [1.29, 1.82) is 0 Å². The van der Waals surface area contributed by atoms with Crippen LogP contribution < -0.4 is 5.32 Å². The van der Waals surface area contributed by atoms with Gasteiger partial charge in [-0.1, -0.05) is 12.1 Å². The zero-order chi connectivity index (χ0) is 13.9. The third kappa shape index (κ3) is 2.42. The quantitative estimate of drug-likeness (QED) is 0.764. The summed E-state index contributed by atoms with van der Waals surface area (Å²) >= 11 is 0. The van der Waals surface area contributed by atoms with Crippen LogP contribution in [0.5, 0.6) is 0 Å². The summed E-state index contributed by atoms with van der Waals surface area (Å²) in [4.78, 5) is 4.36. The molecule has 102 valence electrons. The van der Waals surface area contributed by atoms with E-state index in [9.17, 15) is 0 Å².